The lowest BCUT2D eigenvalue weighted by atomic mass is 10.0. The molecule has 1 unspecified atom stereocenters. The maximum Gasteiger partial charge on any atom is 0.254 e. The number of carbonyl (C=O) groups is 1. The molecular formula is C20H22ClFN2O3. The molecule has 1 saturated heterocycles. The third-order valence-electron chi connectivity index (χ3n) is 4.50. The molecule has 1 heterocycles. The number of hydrogen-bond acceptors (Lipinski definition) is 4. The Morgan fingerprint density at radius 2 is 2.19 bits per heavy atom. The molecule has 144 valence electrons. The van der Waals surface area contributed by atoms with Crippen LogP contribution in [0.2, 0.25) is 5.02 Å². The Hall–Kier alpha value is -2.31. The summed E-state index contributed by atoms with van der Waals surface area (Å²) in [4.78, 5) is 14.9. The van der Waals surface area contributed by atoms with E-state index in [1.165, 1.54) is 19.2 Å². The van der Waals surface area contributed by atoms with Gasteiger partial charge in [-0.3, -0.25) is 4.79 Å². The van der Waals surface area contributed by atoms with Crippen LogP contribution in [0.25, 0.3) is 0 Å². The summed E-state index contributed by atoms with van der Waals surface area (Å²) in [5.41, 5.74) is 1.16. The minimum Gasteiger partial charge on any atom is -0.493 e. The highest BCUT2D eigenvalue weighted by Gasteiger charge is 2.30. The van der Waals surface area contributed by atoms with E-state index in [1.807, 2.05) is 13.0 Å². The van der Waals surface area contributed by atoms with Crippen LogP contribution < -0.4 is 14.8 Å². The molecule has 1 atom stereocenters. The van der Waals surface area contributed by atoms with E-state index < -0.39 is 0 Å². The van der Waals surface area contributed by atoms with Crippen LogP contribution in [-0.4, -0.2) is 44.2 Å². The molecule has 0 bridgehead atoms. The van der Waals surface area contributed by atoms with Gasteiger partial charge in [-0.2, -0.15) is 0 Å². The Morgan fingerprint density at radius 3 is 2.89 bits per heavy atom. The number of amides is 1. The molecule has 5 nitrogen and oxygen atoms in total. The lowest BCUT2D eigenvalue weighted by Gasteiger charge is -2.36. The first-order valence-electron chi connectivity index (χ1n) is 8.82. The van der Waals surface area contributed by atoms with E-state index in [9.17, 15) is 9.18 Å². The van der Waals surface area contributed by atoms with Crippen molar-refractivity contribution in [3.05, 3.63) is 58.4 Å². The smallest absolute Gasteiger partial charge is 0.254 e. The molecule has 0 aromatic heterocycles. The predicted molar refractivity (Wildman–Crippen MR) is 102 cm³/mol. The molecule has 1 aliphatic heterocycles. The summed E-state index contributed by atoms with van der Waals surface area (Å²) in [5, 5.41) is 3.58. The van der Waals surface area contributed by atoms with Crippen molar-refractivity contribution in [3.63, 3.8) is 0 Å². The lowest BCUT2D eigenvalue weighted by molar-refractivity contribution is 0.0633. The van der Waals surface area contributed by atoms with Crippen LogP contribution in [0.5, 0.6) is 11.5 Å². The Labute approximate surface area is 163 Å². The number of benzene rings is 2. The molecule has 7 heteroatoms. The summed E-state index contributed by atoms with van der Waals surface area (Å²) in [6.45, 7) is 4.01. The SMILES string of the molecule is CCOc1c(Cl)cc(C(=O)N2CCNCC2c2cccc(F)c2)cc1OC. The summed E-state index contributed by atoms with van der Waals surface area (Å²) in [7, 11) is 1.50. The molecule has 27 heavy (non-hydrogen) atoms. The van der Waals surface area contributed by atoms with E-state index in [-0.39, 0.29) is 17.8 Å². The molecule has 1 N–H and O–H groups in total. The minimum absolute atomic E-state index is 0.186. The zero-order valence-corrected chi connectivity index (χ0v) is 16.1. The molecule has 2 aromatic rings. The van der Waals surface area contributed by atoms with E-state index in [1.54, 1.807) is 23.1 Å². The predicted octanol–water partition coefficient (Wildman–Crippen LogP) is 3.67. The number of nitrogens with one attached hydrogen (secondary N) is 1. The second-order valence-electron chi connectivity index (χ2n) is 6.20. The highest BCUT2D eigenvalue weighted by atomic mass is 35.5. The summed E-state index contributed by atoms with van der Waals surface area (Å²) in [6.07, 6.45) is 0. The summed E-state index contributed by atoms with van der Waals surface area (Å²) in [5.74, 6) is 0.315. The molecule has 3 rings (SSSR count). The highest BCUT2D eigenvalue weighted by molar-refractivity contribution is 6.32. The van der Waals surface area contributed by atoms with Crippen molar-refractivity contribution in [2.75, 3.05) is 33.4 Å². The summed E-state index contributed by atoms with van der Waals surface area (Å²) < 4.78 is 24.5. The van der Waals surface area contributed by atoms with Gasteiger partial charge in [0.15, 0.2) is 11.5 Å². The largest absolute Gasteiger partial charge is 0.493 e. The summed E-state index contributed by atoms with van der Waals surface area (Å²) >= 11 is 6.31. The number of carbonyl (C=O) groups excluding carboxylic acids is 1. The normalized spacial score (nSPS) is 16.9. The lowest BCUT2D eigenvalue weighted by Crippen LogP contribution is -2.48. The number of rotatable bonds is 5. The van der Waals surface area contributed by atoms with Gasteiger partial charge in [-0.25, -0.2) is 4.39 Å². The Morgan fingerprint density at radius 1 is 1.37 bits per heavy atom. The fraction of sp³-hybridized carbons (Fsp3) is 0.350. The van der Waals surface area contributed by atoms with Crippen LogP contribution in [0.3, 0.4) is 0 Å². The van der Waals surface area contributed by atoms with Crippen molar-refractivity contribution in [1.82, 2.24) is 10.2 Å². The van der Waals surface area contributed by atoms with Crippen molar-refractivity contribution >= 4 is 17.5 Å². The molecule has 1 amide bonds. The van der Waals surface area contributed by atoms with Crippen LogP contribution in [-0.2, 0) is 0 Å². The molecule has 1 aliphatic rings. The third kappa shape index (κ3) is 4.17. The second-order valence-corrected chi connectivity index (χ2v) is 6.60. The standard InChI is InChI=1S/C20H22ClFN2O3/c1-3-27-19-16(21)10-14(11-18(19)26-2)20(25)24-8-7-23-12-17(24)13-5-4-6-15(22)9-13/h4-6,9-11,17,23H,3,7-8,12H2,1-2H3. The van der Waals surface area contributed by atoms with Crippen molar-refractivity contribution < 1.29 is 18.7 Å². The topological polar surface area (TPSA) is 50.8 Å². The second kappa shape index (κ2) is 8.59. The van der Waals surface area contributed by atoms with Gasteiger partial charge in [0.1, 0.15) is 5.82 Å². The first kappa shape index (κ1) is 19.5. The number of methoxy groups -OCH3 is 1. The van der Waals surface area contributed by atoms with Crippen LogP contribution in [0.1, 0.15) is 28.9 Å². The fourth-order valence-corrected chi connectivity index (χ4v) is 3.52. The molecular weight excluding hydrogens is 371 g/mol. The van der Waals surface area contributed by atoms with E-state index >= 15 is 0 Å². The first-order chi connectivity index (χ1) is 13.0. The van der Waals surface area contributed by atoms with Crippen LogP contribution in [0, 0.1) is 5.82 Å². The number of piperazine rings is 1. The van der Waals surface area contributed by atoms with E-state index in [4.69, 9.17) is 21.1 Å². The molecule has 0 saturated carbocycles. The molecule has 0 aliphatic carbocycles. The Bertz CT molecular complexity index is 831. The van der Waals surface area contributed by atoms with Gasteiger partial charge in [0.25, 0.3) is 5.91 Å². The number of hydrogen-bond donors (Lipinski definition) is 1. The maximum atomic E-state index is 13.7. The van der Waals surface area contributed by atoms with Crippen molar-refractivity contribution in [1.29, 1.82) is 0 Å². The summed E-state index contributed by atoms with van der Waals surface area (Å²) in [6, 6.07) is 9.28. The van der Waals surface area contributed by atoms with Crippen LogP contribution >= 0.6 is 11.6 Å². The van der Waals surface area contributed by atoms with Crippen LogP contribution in [0.4, 0.5) is 4.39 Å². The van der Waals surface area contributed by atoms with Gasteiger partial charge >= 0.3 is 0 Å². The van der Waals surface area contributed by atoms with E-state index in [0.29, 0.717) is 48.3 Å². The van der Waals surface area contributed by atoms with Gasteiger partial charge in [0.2, 0.25) is 0 Å². The van der Waals surface area contributed by atoms with Gasteiger partial charge in [0.05, 0.1) is 24.8 Å². The zero-order chi connectivity index (χ0) is 19.4. The number of ether oxygens (including phenoxy) is 2. The Balaban J connectivity index is 1.94. The first-order valence-corrected chi connectivity index (χ1v) is 9.20. The highest BCUT2D eigenvalue weighted by Crippen LogP contribution is 2.37. The van der Waals surface area contributed by atoms with Gasteiger partial charge in [-0.15, -0.1) is 0 Å². The molecule has 0 radical (unpaired) electrons. The van der Waals surface area contributed by atoms with E-state index in [2.05, 4.69) is 5.32 Å². The molecule has 2 aromatic carbocycles. The number of nitrogens with zero attached hydrogens (tertiary/aromatic N) is 1. The van der Waals surface area contributed by atoms with Gasteiger partial charge in [-0.05, 0) is 36.8 Å². The molecule has 0 spiro atoms. The fourth-order valence-electron chi connectivity index (χ4n) is 3.25. The third-order valence-corrected chi connectivity index (χ3v) is 4.78. The maximum absolute atomic E-state index is 13.7. The average Bonchev–Trinajstić information content (AvgIpc) is 2.69. The minimum atomic E-state index is -0.323. The van der Waals surface area contributed by atoms with Crippen LogP contribution in [0.15, 0.2) is 36.4 Å². The van der Waals surface area contributed by atoms with Crippen molar-refractivity contribution in [3.8, 4) is 11.5 Å². The molecule has 1 fully saturated rings. The van der Waals surface area contributed by atoms with E-state index in [0.717, 1.165) is 5.56 Å². The van der Waals surface area contributed by atoms with Crippen molar-refractivity contribution in [2.45, 2.75) is 13.0 Å². The van der Waals surface area contributed by atoms with Crippen molar-refractivity contribution in [2.24, 2.45) is 0 Å². The monoisotopic (exact) mass is 392 g/mol. The van der Waals surface area contributed by atoms with Gasteiger partial charge in [0, 0.05) is 25.2 Å². The average molecular weight is 393 g/mol. The quantitative estimate of drug-likeness (QED) is 0.843. The van der Waals surface area contributed by atoms with Gasteiger partial charge in [-0.1, -0.05) is 23.7 Å². The Kier molecular flexibility index (Phi) is 6.19. The number of halogens is 2. The van der Waals surface area contributed by atoms with Gasteiger partial charge < -0.3 is 19.7 Å². The zero-order valence-electron chi connectivity index (χ0n) is 15.3.